The van der Waals surface area contributed by atoms with Crippen molar-refractivity contribution < 1.29 is 14.3 Å². The van der Waals surface area contributed by atoms with Gasteiger partial charge in [-0.2, -0.15) is 0 Å². The van der Waals surface area contributed by atoms with E-state index in [4.69, 9.17) is 4.74 Å². The molecule has 0 radical (unpaired) electrons. The Morgan fingerprint density at radius 2 is 1.53 bits per heavy atom. The van der Waals surface area contributed by atoms with Crippen LogP contribution in [-0.4, -0.2) is 24.0 Å². The van der Waals surface area contributed by atoms with Crippen LogP contribution in [0.5, 0.6) is 0 Å². The molecule has 0 aromatic heterocycles. The number of esters is 1. The van der Waals surface area contributed by atoms with Gasteiger partial charge in [0.15, 0.2) is 0 Å². The molecule has 0 aliphatic carbocycles. The summed E-state index contributed by atoms with van der Waals surface area (Å²) in [5.41, 5.74) is -0.673. The first-order chi connectivity index (χ1) is 6.51. The van der Waals surface area contributed by atoms with E-state index in [1.807, 2.05) is 20.8 Å². The van der Waals surface area contributed by atoms with Gasteiger partial charge in [-0.25, -0.2) is 4.79 Å². The second-order valence-corrected chi connectivity index (χ2v) is 5.75. The van der Waals surface area contributed by atoms with E-state index in [9.17, 15) is 9.59 Å². The van der Waals surface area contributed by atoms with E-state index in [0.717, 1.165) is 0 Å². The molecule has 0 aromatic carbocycles. The number of ether oxygens (including phenoxy) is 1. The Balaban J connectivity index is 4.08. The second-order valence-electron chi connectivity index (χ2n) is 5.75. The molecule has 0 aliphatic rings. The highest BCUT2D eigenvalue weighted by Gasteiger charge is 2.23. The lowest BCUT2D eigenvalue weighted by molar-refractivity contribution is -0.163. The predicted molar refractivity (Wildman–Crippen MR) is 58.3 cm³/mol. The van der Waals surface area contributed by atoms with E-state index in [-0.39, 0.29) is 5.41 Å². The number of rotatable bonds is 1. The first-order valence-corrected chi connectivity index (χ1v) is 5.02. The fourth-order valence-corrected chi connectivity index (χ4v) is 0.742. The van der Waals surface area contributed by atoms with Gasteiger partial charge in [0.2, 0.25) is 0 Å². The molecule has 0 bridgehead atoms. The molecule has 0 unspecified atom stereocenters. The normalized spacial score (nSPS) is 12.1. The van der Waals surface area contributed by atoms with Crippen LogP contribution in [0.4, 0.5) is 0 Å². The highest BCUT2D eigenvalue weighted by Crippen LogP contribution is 2.10. The fourth-order valence-electron chi connectivity index (χ4n) is 0.742. The van der Waals surface area contributed by atoms with Gasteiger partial charge in [-0.15, -0.1) is 0 Å². The number of carbonyl (C=O) groups is 2. The highest BCUT2D eigenvalue weighted by molar-refractivity contribution is 6.32. The Morgan fingerprint density at radius 1 is 1.07 bits per heavy atom. The molecular weight excluding hydrogens is 194 g/mol. The van der Waals surface area contributed by atoms with Crippen LogP contribution in [0.2, 0.25) is 0 Å². The summed E-state index contributed by atoms with van der Waals surface area (Å²) >= 11 is 0. The second kappa shape index (κ2) is 4.64. The number of carbonyl (C=O) groups excluding carboxylic acids is 2. The predicted octanol–water partition coefficient (Wildman–Crippen LogP) is 1.49. The molecule has 88 valence electrons. The van der Waals surface area contributed by atoms with E-state index >= 15 is 0 Å². The third-order valence-electron chi connectivity index (χ3n) is 1.36. The van der Waals surface area contributed by atoms with Crippen molar-refractivity contribution in [2.75, 3.05) is 6.54 Å². The molecule has 0 heterocycles. The van der Waals surface area contributed by atoms with Crippen LogP contribution in [0.1, 0.15) is 41.5 Å². The summed E-state index contributed by atoms with van der Waals surface area (Å²) in [7, 11) is 0. The van der Waals surface area contributed by atoms with Gasteiger partial charge in [0.25, 0.3) is 0 Å². The summed E-state index contributed by atoms with van der Waals surface area (Å²) in [5.74, 6) is -1.51. The average molecular weight is 215 g/mol. The lowest BCUT2D eigenvalue weighted by Gasteiger charge is -2.21. The number of nitrogens with one attached hydrogen (secondary N) is 1. The van der Waals surface area contributed by atoms with E-state index < -0.39 is 17.5 Å². The molecular formula is C11H21NO3. The number of amides is 1. The Morgan fingerprint density at radius 3 is 1.87 bits per heavy atom. The zero-order valence-electron chi connectivity index (χ0n) is 10.4. The summed E-state index contributed by atoms with van der Waals surface area (Å²) in [6.07, 6.45) is 0. The molecule has 0 fully saturated rings. The van der Waals surface area contributed by atoms with Gasteiger partial charge in [0.1, 0.15) is 5.60 Å². The van der Waals surface area contributed by atoms with Crippen LogP contribution in [0.15, 0.2) is 0 Å². The molecule has 4 heteroatoms. The van der Waals surface area contributed by atoms with Gasteiger partial charge in [-0.3, -0.25) is 4.79 Å². The fraction of sp³-hybridized carbons (Fsp3) is 0.818. The molecule has 0 spiro atoms. The van der Waals surface area contributed by atoms with Crippen molar-refractivity contribution in [2.24, 2.45) is 5.41 Å². The zero-order chi connectivity index (χ0) is 12.3. The lowest BCUT2D eigenvalue weighted by atomic mass is 9.97. The summed E-state index contributed by atoms with van der Waals surface area (Å²) in [5, 5.41) is 2.53. The van der Waals surface area contributed by atoms with Gasteiger partial charge < -0.3 is 10.1 Å². The van der Waals surface area contributed by atoms with Crippen molar-refractivity contribution >= 4 is 11.9 Å². The maximum Gasteiger partial charge on any atom is 0.397 e. The van der Waals surface area contributed by atoms with Crippen molar-refractivity contribution in [3.05, 3.63) is 0 Å². The third kappa shape index (κ3) is 7.97. The van der Waals surface area contributed by atoms with E-state index in [0.29, 0.717) is 6.54 Å². The Bertz CT molecular complexity index is 246. The molecule has 0 saturated heterocycles. The SMILES string of the molecule is CC(C)(C)CNC(=O)C(=O)OC(C)(C)C. The van der Waals surface area contributed by atoms with Crippen molar-refractivity contribution in [3.8, 4) is 0 Å². The Hall–Kier alpha value is -1.06. The summed E-state index contributed by atoms with van der Waals surface area (Å²) in [6, 6.07) is 0. The molecule has 4 nitrogen and oxygen atoms in total. The molecule has 0 aromatic rings. The van der Waals surface area contributed by atoms with Crippen LogP contribution in [0, 0.1) is 5.41 Å². The van der Waals surface area contributed by atoms with Crippen LogP contribution in [-0.2, 0) is 14.3 Å². The zero-order valence-corrected chi connectivity index (χ0v) is 10.4. The van der Waals surface area contributed by atoms with Gasteiger partial charge in [0.05, 0.1) is 0 Å². The molecule has 0 rings (SSSR count). The van der Waals surface area contributed by atoms with Gasteiger partial charge >= 0.3 is 11.9 Å². The van der Waals surface area contributed by atoms with E-state index in [1.165, 1.54) is 0 Å². The van der Waals surface area contributed by atoms with Gasteiger partial charge in [-0.1, -0.05) is 20.8 Å². The first-order valence-electron chi connectivity index (χ1n) is 5.02. The number of hydrogen-bond donors (Lipinski definition) is 1. The summed E-state index contributed by atoms with van der Waals surface area (Å²) < 4.78 is 4.91. The minimum absolute atomic E-state index is 0.0440. The smallest absolute Gasteiger partial charge is 0.397 e. The lowest BCUT2D eigenvalue weighted by Crippen LogP contribution is -2.40. The minimum atomic E-state index is -0.827. The van der Waals surface area contributed by atoms with Crippen LogP contribution in [0.25, 0.3) is 0 Å². The monoisotopic (exact) mass is 215 g/mol. The standard InChI is InChI=1S/C11H21NO3/c1-10(2,3)7-12-8(13)9(14)15-11(4,5)6/h7H2,1-6H3,(H,12,13). The van der Waals surface area contributed by atoms with Crippen molar-refractivity contribution in [2.45, 2.75) is 47.1 Å². The van der Waals surface area contributed by atoms with Gasteiger partial charge in [0, 0.05) is 6.54 Å². The molecule has 15 heavy (non-hydrogen) atoms. The maximum absolute atomic E-state index is 11.3. The summed E-state index contributed by atoms with van der Waals surface area (Å²) in [6.45, 7) is 11.5. The molecule has 1 N–H and O–H groups in total. The number of hydrogen-bond acceptors (Lipinski definition) is 3. The average Bonchev–Trinajstić information content (AvgIpc) is 1.95. The van der Waals surface area contributed by atoms with Gasteiger partial charge in [-0.05, 0) is 26.2 Å². The van der Waals surface area contributed by atoms with Crippen LogP contribution in [0.3, 0.4) is 0 Å². The Kier molecular flexibility index (Phi) is 4.31. The topological polar surface area (TPSA) is 55.4 Å². The van der Waals surface area contributed by atoms with Crippen molar-refractivity contribution in [1.29, 1.82) is 0 Å². The molecule has 0 atom stereocenters. The molecule has 1 amide bonds. The van der Waals surface area contributed by atoms with Crippen LogP contribution < -0.4 is 5.32 Å². The van der Waals surface area contributed by atoms with E-state index in [2.05, 4.69) is 5.32 Å². The molecule has 0 aliphatic heterocycles. The van der Waals surface area contributed by atoms with E-state index in [1.54, 1.807) is 20.8 Å². The minimum Gasteiger partial charge on any atom is -0.453 e. The van der Waals surface area contributed by atoms with Crippen molar-refractivity contribution in [1.82, 2.24) is 5.32 Å². The third-order valence-corrected chi connectivity index (χ3v) is 1.36. The maximum atomic E-state index is 11.3. The molecule has 0 saturated carbocycles. The highest BCUT2D eigenvalue weighted by atomic mass is 16.6. The Labute approximate surface area is 91.4 Å². The first kappa shape index (κ1) is 13.9. The van der Waals surface area contributed by atoms with Crippen LogP contribution >= 0.6 is 0 Å². The summed E-state index contributed by atoms with van der Waals surface area (Å²) in [4.78, 5) is 22.5. The largest absolute Gasteiger partial charge is 0.453 e. The van der Waals surface area contributed by atoms with Crippen molar-refractivity contribution in [3.63, 3.8) is 0 Å². The quantitative estimate of drug-likeness (QED) is 0.532.